The van der Waals surface area contributed by atoms with Crippen LogP contribution in [0.2, 0.25) is 0 Å². The molecule has 2 heteroatoms. The minimum absolute atomic E-state index is 1.03. The molecule has 3 rings (SSSR count). The van der Waals surface area contributed by atoms with E-state index in [9.17, 15) is 0 Å². The fourth-order valence-corrected chi connectivity index (χ4v) is 2.78. The molecule has 0 radical (unpaired) electrons. The number of hydrogen-bond acceptors (Lipinski definition) is 2. The van der Waals surface area contributed by atoms with Gasteiger partial charge in [-0.1, -0.05) is 42.8 Å². The molecule has 98 valence electrons. The van der Waals surface area contributed by atoms with Gasteiger partial charge in [-0.2, -0.15) is 0 Å². The highest BCUT2D eigenvalue weighted by atomic mass is 15.1. The fourth-order valence-electron chi connectivity index (χ4n) is 2.78. The van der Waals surface area contributed by atoms with Crippen LogP contribution in [0.25, 0.3) is 11.3 Å². The van der Waals surface area contributed by atoms with E-state index in [1.807, 2.05) is 12.3 Å². The number of likely N-dealkylation sites (tertiary alicyclic amines) is 1. The first-order valence-electron chi connectivity index (χ1n) is 7.15. The van der Waals surface area contributed by atoms with Crippen molar-refractivity contribution in [3.63, 3.8) is 0 Å². The molecule has 0 unspecified atom stereocenters. The Balaban J connectivity index is 1.85. The zero-order valence-corrected chi connectivity index (χ0v) is 11.3. The summed E-state index contributed by atoms with van der Waals surface area (Å²) in [6.07, 6.45) is 5.94. The third-order valence-corrected chi connectivity index (χ3v) is 3.78. The molecule has 2 aromatic rings. The van der Waals surface area contributed by atoms with Crippen molar-refractivity contribution in [3.8, 4) is 11.3 Å². The molecule has 0 atom stereocenters. The lowest BCUT2D eigenvalue weighted by molar-refractivity contribution is 0.221. The SMILES string of the molecule is c1ccc(-c2ncccc2CN2CCCCC2)cc1. The third-order valence-electron chi connectivity index (χ3n) is 3.78. The highest BCUT2D eigenvalue weighted by Crippen LogP contribution is 2.23. The van der Waals surface area contributed by atoms with E-state index in [2.05, 4.69) is 46.3 Å². The number of pyridine rings is 1. The summed E-state index contributed by atoms with van der Waals surface area (Å²) in [4.78, 5) is 7.14. The standard InChI is InChI=1S/C17H20N2/c1-3-8-15(9-4-1)17-16(10-7-11-18-17)14-19-12-5-2-6-13-19/h1,3-4,7-11H,2,5-6,12-14H2. The van der Waals surface area contributed by atoms with Crippen LogP contribution in [-0.2, 0) is 6.54 Å². The molecule has 1 fully saturated rings. The monoisotopic (exact) mass is 252 g/mol. The van der Waals surface area contributed by atoms with Gasteiger partial charge in [0.05, 0.1) is 5.69 Å². The smallest absolute Gasteiger partial charge is 0.0746 e. The zero-order chi connectivity index (χ0) is 12.9. The van der Waals surface area contributed by atoms with Crippen LogP contribution in [0.5, 0.6) is 0 Å². The van der Waals surface area contributed by atoms with Crippen molar-refractivity contribution in [2.75, 3.05) is 13.1 Å². The lowest BCUT2D eigenvalue weighted by Crippen LogP contribution is -2.29. The third kappa shape index (κ3) is 3.02. The molecule has 0 N–H and O–H groups in total. The van der Waals surface area contributed by atoms with E-state index in [1.165, 1.54) is 43.5 Å². The van der Waals surface area contributed by atoms with Crippen LogP contribution in [-0.4, -0.2) is 23.0 Å². The van der Waals surface area contributed by atoms with E-state index in [4.69, 9.17) is 0 Å². The summed E-state index contributed by atoms with van der Waals surface area (Å²) >= 11 is 0. The molecule has 1 aromatic heterocycles. The maximum atomic E-state index is 4.59. The second-order valence-electron chi connectivity index (χ2n) is 5.21. The summed E-state index contributed by atoms with van der Waals surface area (Å²) in [7, 11) is 0. The fraction of sp³-hybridized carbons (Fsp3) is 0.353. The molecule has 0 saturated carbocycles. The first-order chi connectivity index (χ1) is 9.43. The number of hydrogen-bond donors (Lipinski definition) is 0. The van der Waals surface area contributed by atoms with Gasteiger partial charge in [0.25, 0.3) is 0 Å². The van der Waals surface area contributed by atoms with Gasteiger partial charge in [-0.05, 0) is 37.6 Å². The first kappa shape index (κ1) is 12.4. The van der Waals surface area contributed by atoms with Gasteiger partial charge in [0, 0.05) is 18.3 Å². The minimum Gasteiger partial charge on any atom is -0.299 e. The Hall–Kier alpha value is -1.67. The second-order valence-corrected chi connectivity index (χ2v) is 5.21. The van der Waals surface area contributed by atoms with Crippen LogP contribution >= 0.6 is 0 Å². The molecule has 0 amide bonds. The molecule has 1 aliphatic heterocycles. The Morgan fingerprint density at radius 1 is 0.895 bits per heavy atom. The lowest BCUT2D eigenvalue weighted by Gasteiger charge is -2.27. The Labute approximate surface area is 115 Å². The molecule has 19 heavy (non-hydrogen) atoms. The van der Waals surface area contributed by atoms with Crippen molar-refractivity contribution in [2.24, 2.45) is 0 Å². The Morgan fingerprint density at radius 3 is 2.47 bits per heavy atom. The van der Waals surface area contributed by atoms with Crippen LogP contribution in [0.3, 0.4) is 0 Å². The van der Waals surface area contributed by atoms with E-state index >= 15 is 0 Å². The molecule has 1 aromatic carbocycles. The molecule has 0 aliphatic carbocycles. The van der Waals surface area contributed by atoms with Crippen molar-refractivity contribution < 1.29 is 0 Å². The molecule has 2 heterocycles. The van der Waals surface area contributed by atoms with Gasteiger partial charge in [0.15, 0.2) is 0 Å². The van der Waals surface area contributed by atoms with E-state index in [0.717, 1.165) is 12.2 Å². The van der Waals surface area contributed by atoms with Crippen LogP contribution in [0.4, 0.5) is 0 Å². The van der Waals surface area contributed by atoms with Crippen molar-refractivity contribution in [1.29, 1.82) is 0 Å². The molecular formula is C17H20N2. The Bertz CT molecular complexity index is 516. The van der Waals surface area contributed by atoms with E-state index < -0.39 is 0 Å². The Kier molecular flexibility index (Phi) is 3.89. The predicted octanol–water partition coefficient (Wildman–Crippen LogP) is 3.73. The van der Waals surface area contributed by atoms with E-state index in [0.29, 0.717) is 0 Å². The highest BCUT2D eigenvalue weighted by molar-refractivity contribution is 5.62. The molecule has 1 saturated heterocycles. The molecule has 0 bridgehead atoms. The molecule has 2 nitrogen and oxygen atoms in total. The quantitative estimate of drug-likeness (QED) is 0.827. The van der Waals surface area contributed by atoms with Gasteiger partial charge in [-0.25, -0.2) is 0 Å². The normalized spacial score (nSPS) is 16.4. The van der Waals surface area contributed by atoms with Gasteiger partial charge < -0.3 is 0 Å². The number of benzene rings is 1. The van der Waals surface area contributed by atoms with Crippen LogP contribution in [0, 0.1) is 0 Å². The van der Waals surface area contributed by atoms with Crippen molar-refractivity contribution >= 4 is 0 Å². The first-order valence-corrected chi connectivity index (χ1v) is 7.15. The lowest BCUT2D eigenvalue weighted by atomic mass is 10.0. The van der Waals surface area contributed by atoms with Crippen LogP contribution in [0.1, 0.15) is 24.8 Å². The topological polar surface area (TPSA) is 16.1 Å². The predicted molar refractivity (Wildman–Crippen MR) is 78.8 cm³/mol. The number of piperidine rings is 1. The minimum atomic E-state index is 1.03. The van der Waals surface area contributed by atoms with Crippen molar-refractivity contribution in [2.45, 2.75) is 25.8 Å². The second kappa shape index (κ2) is 5.98. The maximum absolute atomic E-state index is 4.59. The number of nitrogens with zero attached hydrogens (tertiary/aromatic N) is 2. The summed E-state index contributed by atoms with van der Waals surface area (Å²) in [5.41, 5.74) is 3.69. The molecule has 1 aliphatic rings. The average Bonchev–Trinajstić information content (AvgIpc) is 2.50. The largest absolute Gasteiger partial charge is 0.299 e. The number of rotatable bonds is 3. The molecular weight excluding hydrogens is 232 g/mol. The van der Waals surface area contributed by atoms with Crippen LogP contribution in [0.15, 0.2) is 48.7 Å². The van der Waals surface area contributed by atoms with Crippen molar-refractivity contribution in [3.05, 3.63) is 54.2 Å². The summed E-state index contributed by atoms with van der Waals surface area (Å²) < 4.78 is 0. The summed E-state index contributed by atoms with van der Waals surface area (Å²) in [6, 6.07) is 14.7. The number of aromatic nitrogens is 1. The van der Waals surface area contributed by atoms with Gasteiger partial charge in [0.2, 0.25) is 0 Å². The maximum Gasteiger partial charge on any atom is 0.0746 e. The van der Waals surface area contributed by atoms with Gasteiger partial charge in [0.1, 0.15) is 0 Å². The van der Waals surface area contributed by atoms with E-state index in [-0.39, 0.29) is 0 Å². The zero-order valence-electron chi connectivity index (χ0n) is 11.3. The van der Waals surface area contributed by atoms with Gasteiger partial charge >= 0.3 is 0 Å². The average molecular weight is 252 g/mol. The van der Waals surface area contributed by atoms with Gasteiger partial charge in [-0.15, -0.1) is 0 Å². The highest BCUT2D eigenvalue weighted by Gasteiger charge is 2.13. The summed E-state index contributed by atoms with van der Waals surface area (Å²) in [5.74, 6) is 0. The summed E-state index contributed by atoms with van der Waals surface area (Å²) in [6.45, 7) is 3.48. The van der Waals surface area contributed by atoms with Gasteiger partial charge in [-0.3, -0.25) is 9.88 Å². The summed E-state index contributed by atoms with van der Waals surface area (Å²) in [5, 5.41) is 0. The Morgan fingerprint density at radius 2 is 1.68 bits per heavy atom. The van der Waals surface area contributed by atoms with Crippen LogP contribution < -0.4 is 0 Å². The van der Waals surface area contributed by atoms with E-state index in [1.54, 1.807) is 0 Å². The van der Waals surface area contributed by atoms with Crippen molar-refractivity contribution in [1.82, 2.24) is 9.88 Å². The molecule has 0 spiro atoms.